The molecule has 0 spiro atoms. The molecule has 0 aliphatic heterocycles. The lowest BCUT2D eigenvalue weighted by molar-refractivity contribution is -0.114. The second-order valence-electron chi connectivity index (χ2n) is 5.36. The molecule has 0 aliphatic carbocycles. The maximum absolute atomic E-state index is 12.3. The van der Waals surface area contributed by atoms with Gasteiger partial charge in [0.05, 0.1) is 12.9 Å². The Morgan fingerprint density at radius 1 is 1.22 bits per heavy atom. The predicted octanol–water partition coefficient (Wildman–Crippen LogP) is 1.61. The van der Waals surface area contributed by atoms with E-state index in [1.165, 1.54) is 6.33 Å². The van der Waals surface area contributed by atoms with Gasteiger partial charge >= 0.3 is 0 Å². The van der Waals surface area contributed by atoms with Crippen LogP contribution in [-0.2, 0) is 4.79 Å². The summed E-state index contributed by atoms with van der Waals surface area (Å²) in [5.74, 6) is 1.16. The lowest BCUT2D eigenvalue weighted by Gasteiger charge is -2.17. The van der Waals surface area contributed by atoms with Crippen molar-refractivity contribution in [2.45, 2.75) is 0 Å². The van der Waals surface area contributed by atoms with E-state index in [-0.39, 0.29) is 37.3 Å². The molecule has 9 nitrogen and oxygen atoms in total. The van der Waals surface area contributed by atoms with Crippen LogP contribution in [0.5, 0.6) is 5.75 Å². The number of halogens is 2. The molecule has 4 N–H and O–H groups in total. The van der Waals surface area contributed by atoms with E-state index in [1.807, 2.05) is 0 Å². The average Bonchev–Trinajstić information content (AvgIpc) is 3.09. The first-order chi connectivity index (χ1) is 12.2. The summed E-state index contributed by atoms with van der Waals surface area (Å²) in [6, 6.07) is 7.13. The van der Waals surface area contributed by atoms with Gasteiger partial charge in [0.2, 0.25) is 5.91 Å². The highest BCUT2D eigenvalue weighted by molar-refractivity contribution is 5.95. The number of H-pyrrole nitrogens is 1. The van der Waals surface area contributed by atoms with Crippen LogP contribution in [0.15, 0.2) is 36.9 Å². The Bertz CT molecular complexity index is 857. The maximum Gasteiger partial charge on any atom is 0.243 e. The predicted molar refractivity (Wildman–Crippen MR) is 109 cm³/mol. The van der Waals surface area contributed by atoms with Crippen molar-refractivity contribution in [3.05, 3.63) is 36.9 Å². The molecule has 0 fully saturated rings. The van der Waals surface area contributed by atoms with E-state index < -0.39 is 0 Å². The smallest absolute Gasteiger partial charge is 0.243 e. The number of rotatable bonds is 7. The van der Waals surface area contributed by atoms with Crippen LogP contribution in [0, 0.1) is 0 Å². The molecule has 2 heterocycles. The highest BCUT2D eigenvalue weighted by Gasteiger charge is 2.13. The second-order valence-corrected chi connectivity index (χ2v) is 5.36. The number of aromatic nitrogens is 4. The zero-order valence-electron chi connectivity index (χ0n) is 14.6. The number of nitrogens with zero attached hydrogens (tertiary/aromatic N) is 4. The molecule has 27 heavy (non-hydrogen) atoms. The van der Waals surface area contributed by atoms with Gasteiger partial charge in [0.15, 0.2) is 11.5 Å². The quantitative estimate of drug-likeness (QED) is 0.537. The van der Waals surface area contributed by atoms with Gasteiger partial charge < -0.3 is 25.7 Å². The lowest BCUT2D eigenvalue weighted by Crippen LogP contribution is -2.30. The second kappa shape index (κ2) is 10.5. The van der Waals surface area contributed by atoms with Crippen molar-refractivity contribution < 1.29 is 9.53 Å². The molecule has 0 saturated heterocycles. The van der Waals surface area contributed by atoms with Crippen LogP contribution < -0.4 is 20.7 Å². The number of anilines is 2. The Morgan fingerprint density at radius 2 is 1.96 bits per heavy atom. The van der Waals surface area contributed by atoms with Crippen molar-refractivity contribution in [1.29, 1.82) is 0 Å². The molecule has 1 amide bonds. The lowest BCUT2D eigenvalue weighted by atomic mass is 10.3. The summed E-state index contributed by atoms with van der Waals surface area (Å²) in [4.78, 5) is 29.3. The van der Waals surface area contributed by atoms with Gasteiger partial charge in [-0.05, 0) is 24.3 Å². The number of carbonyl (C=O) groups is 1. The number of carbonyl (C=O) groups excluding carboxylic acids is 1. The number of amides is 1. The first-order valence-corrected chi connectivity index (χ1v) is 7.75. The van der Waals surface area contributed by atoms with Gasteiger partial charge in [0.1, 0.15) is 24.2 Å². The SMILES string of the molecule is CN(CC(=O)Nc1ccc(OCCN)cc1)c1ncnc2nc[nH]c12.Cl.Cl. The van der Waals surface area contributed by atoms with Crippen molar-refractivity contribution in [3.63, 3.8) is 0 Å². The molecule has 0 radical (unpaired) electrons. The monoisotopic (exact) mass is 413 g/mol. The fourth-order valence-electron chi connectivity index (χ4n) is 2.34. The molecular weight excluding hydrogens is 393 g/mol. The number of likely N-dealkylation sites (N-methyl/N-ethyl adjacent to an activating group) is 1. The molecule has 0 unspecified atom stereocenters. The number of fused-ring (bicyclic) bond motifs is 1. The van der Waals surface area contributed by atoms with Gasteiger partial charge in [-0.2, -0.15) is 0 Å². The van der Waals surface area contributed by atoms with Crippen molar-refractivity contribution in [2.75, 3.05) is 37.0 Å². The molecule has 11 heteroatoms. The topological polar surface area (TPSA) is 122 Å². The Morgan fingerprint density at radius 3 is 2.67 bits per heavy atom. The Hall–Kier alpha value is -2.62. The highest BCUT2D eigenvalue weighted by atomic mass is 35.5. The number of hydrogen-bond donors (Lipinski definition) is 3. The molecule has 3 aromatic rings. The van der Waals surface area contributed by atoms with Crippen molar-refractivity contribution in [2.24, 2.45) is 5.73 Å². The average molecular weight is 414 g/mol. The van der Waals surface area contributed by atoms with Gasteiger partial charge in [-0.1, -0.05) is 0 Å². The highest BCUT2D eigenvalue weighted by Crippen LogP contribution is 2.19. The Balaban J connectivity index is 0.00000182. The summed E-state index contributed by atoms with van der Waals surface area (Å²) in [5, 5.41) is 2.84. The first kappa shape index (κ1) is 22.4. The Kier molecular flexibility index (Phi) is 8.73. The summed E-state index contributed by atoms with van der Waals surface area (Å²) in [5.41, 5.74) is 7.33. The van der Waals surface area contributed by atoms with E-state index >= 15 is 0 Å². The van der Waals surface area contributed by atoms with E-state index in [2.05, 4.69) is 25.3 Å². The molecule has 0 atom stereocenters. The number of ether oxygens (including phenoxy) is 1. The number of benzene rings is 1. The molecule has 3 rings (SSSR count). The van der Waals surface area contributed by atoms with Crippen molar-refractivity contribution in [1.82, 2.24) is 19.9 Å². The maximum atomic E-state index is 12.3. The summed E-state index contributed by atoms with van der Waals surface area (Å²) in [7, 11) is 1.78. The van der Waals surface area contributed by atoms with Crippen LogP contribution in [0.2, 0.25) is 0 Å². The number of nitrogens with two attached hydrogens (primary N) is 1. The van der Waals surface area contributed by atoms with Gasteiger partial charge in [-0.3, -0.25) is 4.79 Å². The van der Waals surface area contributed by atoms with Crippen LogP contribution in [0.1, 0.15) is 0 Å². The molecule has 0 aliphatic rings. The first-order valence-electron chi connectivity index (χ1n) is 7.75. The normalized spacial score (nSPS) is 9.85. The van der Waals surface area contributed by atoms with Crippen LogP contribution in [-0.4, -0.2) is 52.6 Å². The van der Waals surface area contributed by atoms with Crippen LogP contribution in [0.25, 0.3) is 11.2 Å². The van der Waals surface area contributed by atoms with Crippen molar-refractivity contribution >= 4 is 53.4 Å². The third-order valence-corrected chi connectivity index (χ3v) is 3.47. The summed E-state index contributed by atoms with van der Waals surface area (Å²) >= 11 is 0. The number of hydrogen-bond acceptors (Lipinski definition) is 7. The number of nitrogens with one attached hydrogen (secondary N) is 2. The minimum absolute atomic E-state index is 0. The molecule has 1 aromatic carbocycles. The van der Waals surface area contributed by atoms with Gasteiger partial charge in [0, 0.05) is 19.3 Å². The molecule has 0 saturated carbocycles. The standard InChI is InChI=1S/C16H19N7O2.2ClH/c1-23(16-14-15(19-9-18-14)20-10-21-16)8-13(24)22-11-2-4-12(5-3-11)25-7-6-17;;/h2-5,9-10H,6-8,17H2,1H3,(H,22,24)(H,18,19,20,21);2*1H. The molecule has 2 aromatic heterocycles. The van der Waals surface area contributed by atoms with E-state index in [1.54, 1.807) is 42.5 Å². The minimum atomic E-state index is -0.163. The molecular formula is C16H21Cl2N7O2. The van der Waals surface area contributed by atoms with E-state index in [4.69, 9.17) is 10.5 Å². The summed E-state index contributed by atoms with van der Waals surface area (Å²) in [6.07, 6.45) is 2.97. The third kappa shape index (κ3) is 5.68. The van der Waals surface area contributed by atoms with E-state index in [0.717, 1.165) is 0 Å². The van der Waals surface area contributed by atoms with E-state index in [0.29, 0.717) is 41.6 Å². The third-order valence-electron chi connectivity index (χ3n) is 3.47. The van der Waals surface area contributed by atoms with E-state index in [9.17, 15) is 4.79 Å². The van der Waals surface area contributed by atoms with Crippen LogP contribution in [0.4, 0.5) is 11.5 Å². The minimum Gasteiger partial charge on any atom is -0.492 e. The molecule has 146 valence electrons. The van der Waals surface area contributed by atoms with Crippen LogP contribution >= 0.6 is 24.8 Å². The zero-order chi connectivity index (χ0) is 17.6. The van der Waals surface area contributed by atoms with Gasteiger partial charge in [-0.15, -0.1) is 24.8 Å². The molecule has 0 bridgehead atoms. The fraction of sp³-hybridized carbons (Fsp3) is 0.250. The summed E-state index contributed by atoms with van der Waals surface area (Å²) in [6.45, 7) is 1.05. The number of imidazole rings is 1. The van der Waals surface area contributed by atoms with Crippen molar-refractivity contribution in [3.8, 4) is 5.75 Å². The fourth-order valence-corrected chi connectivity index (χ4v) is 2.34. The van der Waals surface area contributed by atoms with Gasteiger partial charge in [0.25, 0.3) is 0 Å². The largest absolute Gasteiger partial charge is 0.492 e. The Labute approximate surface area is 168 Å². The zero-order valence-corrected chi connectivity index (χ0v) is 16.2. The van der Waals surface area contributed by atoms with Crippen LogP contribution in [0.3, 0.4) is 0 Å². The number of aromatic amines is 1. The van der Waals surface area contributed by atoms with Gasteiger partial charge in [-0.25, -0.2) is 15.0 Å². The summed E-state index contributed by atoms with van der Waals surface area (Å²) < 4.78 is 5.40.